The largest absolute Gasteiger partial charge is 0.490 e. The predicted octanol–water partition coefficient (Wildman–Crippen LogP) is 4.57. The van der Waals surface area contributed by atoms with Crippen molar-refractivity contribution >= 4 is 29.0 Å². The summed E-state index contributed by atoms with van der Waals surface area (Å²) in [6.45, 7) is 1.22. The van der Waals surface area contributed by atoms with Gasteiger partial charge in [0, 0.05) is 29.4 Å². The summed E-state index contributed by atoms with van der Waals surface area (Å²) in [5, 5.41) is 12.0. The van der Waals surface area contributed by atoms with Crippen molar-refractivity contribution in [1.29, 1.82) is 0 Å². The van der Waals surface area contributed by atoms with E-state index in [0.717, 1.165) is 37.1 Å². The second-order valence-corrected chi connectivity index (χ2v) is 8.39. The Morgan fingerprint density at radius 3 is 2.69 bits per heavy atom. The van der Waals surface area contributed by atoms with Crippen molar-refractivity contribution < 1.29 is 14.6 Å². The molecule has 1 saturated heterocycles. The predicted molar refractivity (Wildman–Crippen MR) is 101 cm³/mol. The highest BCUT2D eigenvalue weighted by atomic mass is 35.5. The van der Waals surface area contributed by atoms with E-state index in [1.54, 1.807) is 11.3 Å². The highest BCUT2D eigenvalue weighted by Gasteiger charge is 2.56. The number of ether oxygens (including phenoxy) is 1. The number of carbonyl (C=O) groups is 1. The van der Waals surface area contributed by atoms with Crippen LogP contribution in [0.5, 0.6) is 5.75 Å². The Hall–Kier alpha value is -1.79. The summed E-state index contributed by atoms with van der Waals surface area (Å²) in [7, 11) is 0. The van der Waals surface area contributed by atoms with Crippen molar-refractivity contribution in [3.63, 3.8) is 0 Å². The molecule has 2 heterocycles. The van der Waals surface area contributed by atoms with Crippen molar-refractivity contribution in [2.45, 2.75) is 31.8 Å². The lowest BCUT2D eigenvalue weighted by molar-refractivity contribution is -0.120. The van der Waals surface area contributed by atoms with Gasteiger partial charge in [-0.05, 0) is 55.4 Å². The van der Waals surface area contributed by atoms with E-state index in [4.69, 9.17) is 16.3 Å². The maximum Gasteiger partial charge on any atom is 0.407 e. The van der Waals surface area contributed by atoms with Crippen LogP contribution in [0.4, 0.5) is 4.79 Å². The summed E-state index contributed by atoms with van der Waals surface area (Å²) in [4.78, 5) is 17.2. The van der Waals surface area contributed by atoms with Crippen LogP contribution in [0.25, 0.3) is 0 Å². The molecule has 2 atom stereocenters. The minimum absolute atomic E-state index is 0.134. The van der Waals surface area contributed by atoms with Gasteiger partial charge >= 0.3 is 6.09 Å². The molecule has 1 saturated carbocycles. The maximum absolute atomic E-state index is 11.2. The molecular formula is C19H21ClN2O3S. The van der Waals surface area contributed by atoms with Gasteiger partial charge in [0.05, 0.1) is 11.2 Å². The van der Waals surface area contributed by atoms with Gasteiger partial charge in [-0.1, -0.05) is 11.6 Å². The average molecular weight is 393 g/mol. The van der Waals surface area contributed by atoms with Gasteiger partial charge in [0.2, 0.25) is 0 Å². The number of hydrogen-bond donors (Lipinski definition) is 1. The fourth-order valence-electron chi connectivity index (χ4n) is 4.37. The smallest absolute Gasteiger partial charge is 0.407 e. The molecular weight excluding hydrogens is 372 g/mol. The van der Waals surface area contributed by atoms with Crippen LogP contribution < -0.4 is 4.74 Å². The molecule has 0 bridgehead atoms. The van der Waals surface area contributed by atoms with Gasteiger partial charge in [0.15, 0.2) is 0 Å². The second-order valence-electron chi connectivity index (χ2n) is 7.24. The number of piperidine rings is 1. The first-order valence-corrected chi connectivity index (χ1v) is 10.1. The first-order valence-electron chi connectivity index (χ1n) is 8.83. The second kappa shape index (κ2) is 7.08. The molecule has 1 aromatic heterocycles. The molecule has 1 aliphatic carbocycles. The fraction of sp³-hybridized carbons (Fsp3) is 0.474. The zero-order valence-corrected chi connectivity index (χ0v) is 15.9. The zero-order chi connectivity index (χ0) is 18.1. The molecule has 1 aromatic carbocycles. The normalized spacial score (nSPS) is 24.3. The van der Waals surface area contributed by atoms with Gasteiger partial charge in [0.25, 0.3) is 0 Å². The topological polar surface area (TPSA) is 62.7 Å². The monoisotopic (exact) mass is 392 g/mol. The molecule has 2 fully saturated rings. The van der Waals surface area contributed by atoms with Crippen LogP contribution in [0, 0.1) is 11.3 Å². The number of benzene rings is 1. The lowest BCUT2D eigenvalue weighted by Gasteiger charge is -2.57. The van der Waals surface area contributed by atoms with E-state index in [1.807, 2.05) is 29.8 Å². The number of amides is 1. The highest BCUT2D eigenvalue weighted by Crippen LogP contribution is 2.56. The molecule has 2 aromatic rings. The van der Waals surface area contributed by atoms with Crippen molar-refractivity contribution in [3.8, 4) is 5.75 Å². The van der Waals surface area contributed by atoms with Gasteiger partial charge in [-0.15, -0.1) is 11.3 Å². The Kier molecular flexibility index (Phi) is 4.80. The Morgan fingerprint density at radius 1 is 1.35 bits per heavy atom. The molecule has 1 aliphatic heterocycles. The maximum atomic E-state index is 11.2. The van der Waals surface area contributed by atoms with Crippen LogP contribution in [-0.4, -0.2) is 40.3 Å². The van der Waals surface area contributed by atoms with E-state index in [2.05, 4.69) is 10.4 Å². The first kappa shape index (κ1) is 17.6. The van der Waals surface area contributed by atoms with Crippen LogP contribution in [0.2, 0.25) is 5.02 Å². The molecule has 4 rings (SSSR count). The minimum Gasteiger partial charge on any atom is -0.490 e. The number of carboxylic acid groups (broad SMARTS) is 1. The molecule has 1 spiro atoms. The standard InChI is InChI=1S/C19H21ClN2O3S/c20-13-1-3-15(4-2-13)25-17-10-19(5-7-22(8-6-19)18(23)24)16(17)9-14-11-26-12-21-14/h1-4,11-12,16-17H,5-10H2,(H,23,24). The number of hydrogen-bond acceptors (Lipinski definition) is 4. The third kappa shape index (κ3) is 3.40. The van der Waals surface area contributed by atoms with E-state index in [-0.39, 0.29) is 11.5 Å². The molecule has 26 heavy (non-hydrogen) atoms. The zero-order valence-electron chi connectivity index (χ0n) is 14.3. The number of thiazole rings is 1. The third-order valence-corrected chi connectivity index (χ3v) is 6.77. The van der Waals surface area contributed by atoms with Crippen molar-refractivity contribution in [2.24, 2.45) is 11.3 Å². The van der Waals surface area contributed by atoms with Gasteiger partial charge in [-0.2, -0.15) is 0 Å². The minimum atomic E-state index is -0.816. The van der Waals surface area contributed by atoms with E-state index >= 15 is 0 Å². The Balaban J connectivity index is 1.49. The van der Waals surface area contributed by atoms with Crippen LogP contribution in [-0.2, 0) is 6.42 Å². The van der Waals surface area contributed by atoms with Gasteiger partial charge in [-0.3, -0.25) is 0 Å². The summed E-state index contributed by atoms with van der Waals surface area (Å²) in [6, 6.07) is 7.48. The molecule has 1 amide bonds. The molecule has 2 unspecified atom stereocenters. The molecule has 7 heteroatoms. The number of nitrogens with zero attached hydrogens (tertiary/aromatic N) is 2. The van der Waals surface area contributed by atoms with Gasteiger partial charge < -0.3 is 14.7 Å². The number of halogens is 1. The van der Waals surface area contributed by atoms with Crippen LogP contribution in [0.15, 0.2) is 35.2 Å². The van der Waals surface area contributed by atoms with Crippen LogP contribution >= 0.6 is 22.9 Å². The van der Waals surface area contributed by atoms with Crippen molar-refractivity contribution in [2.75, 3.05) is 13.1 Å². The Bertz CT molecular complexity index is 758. The summed E-state index contributed by atoms with van der Waals surface area (Å²) in [5.74, 6) is 1.19. The third-order valence-electron chi connectivity index (χ3n) is 5.89. The molecule has 0 radical (unpaired) electrons. The lowest BCUT2D eigenvalue weighted by Crippen LogP contribution is -2.59. The van der Waals surface area contributed by atoms with Crippen molar-refractivity contribution in [3.05, 3.63) is 45.9 Å². The average Bonchev–Trinajstić information content (AvgIpc) is 3.15. The Labute approximate surface area is 161 Å². The van der Waals surface area contributed by atoms with E-state index in [0.29, 0.717) is 24.0 Å². The summed E-state index contributed by atoms with van der Waals surface area (Å²) < 4.78 is 6.26. The first-order chi connectivity index (χ1) is 12.6. The van der Waals surface area contributed by atoms with Crippen LogP contribution in [0.3, 0.4) is 0 Å². The number of aromatic nitrogens is 1. The lowest BCUT2D eigenvalue weighted by atomic mass is 9.52. The fourth-order valence-corrected chi connectivity index (χ4v) is 5.07. The van der Waals surface area contributed by atoms with Gasteiger partial charge in [0.1, 0.15) is 11.9 Å². The van der Waals surface area contributed by atoms with Crippen LogP contribution in [0.1, 0.15) is 25.0 Å². The van der Waals surface area contributed by atoms with E-state index < -0.39 is 6.09 Å². The number of rotatable bonds is 4. The molecule has 1 N–H and O–H groups in total. The molecule has 138 valence electrons. The van der Waals surface area contributed by atoms with Crippen molar-refractivity contribution in [1.82, 2.24) is 9.88 Å². The molecule has 2 aliphatic rings. The quantitative estimate of drug-likeness (QED) is 0.828. The summed E-state index contributed by atoms with van der Waals surface area (Å²) in [5.41, 5.74) is 3.12. The molecule has 5 nitrogen and oxygen atoms in total. The summed E-state index contributed by atoms with van der Waals surface area (Å²) in [6.07, 6.45) is 2.97. The van der Waals surface area contributed by atoms with Gasteiger partial charge in [-0.25, -0.2) is 9.78 Å². The SMILES string of the molecule is O=C(O)N1CCC2(CC1)CC(Oc1ccc(Cl)cc1)C2Cc1cscn1. The van der Waals surface area contributed by atoms with E-state index in [1.165, 1.54) is 4.90 Å². The van der Waals surface area contributed by atoms with E-state index in [9.17, 15) is 9.90 Å². The number of likely N-dealkylation sites (tertiary alicyclic amines) is 1. The highest BCUT2D eigenvalue weighted by molar-refractivity contribution is 7.07. The Morgan fingerprint density at radius 2 is 2.08 bits per heavy atom. The summed E-state index contributed by atoms with van der Waals surface area (Å²) >= 11 is 7.57.